The highest BCUT2D eigenvalue weighted by Gasteiger charge is 2.32. The van der Waals surface area contributed by atoms with Crippen LogP contribution < -0.4 is 11.1 Å². The van der Waals surface area contributed by atoms with E-state index in [2.05, 4.69) is 17.2 Å². The van der Waals surface area contributed by atoms with Crippen LogP contribution in [0, 0.1) is 11.3 Å². The smallest absolute Gasteiger partial charge is 0.395 e. The van der Waals surface area contributed by atoms with Crippen molar-refractivity contribution in [2.75, 3.05) is 5.32 Å². The number of nitrogens with two attached hydrogens (primary N) is 1. The minimum Gasteiger partial charge on any atom is -0.395 e. The van der Waals surface area contributed by atoms with Crippen LogP contribution in [0.3, 0.4) is 0 Å². The van der Waals surface area contributed by atoms with Gasteiger partial charge in [0, 0.05) is 5.69 Å². The monoisotopic (exact) mass is 506 g/mol. The lowest BCUT2D eigenvalue weighted by atomic mass is 9.99. The molecular formula is C28H25F3N4O2. The molecule has 0 saturated carbocycles. The third kappa shape index (κ3) is 7.53. The molecule has 1 atom stereocenters. The number of allylic oxidation sites excluding steroid dienone is 1. The largest absolute Gasteiger partial charge is 0.430 e. The standard InChI is InChI=1S/C28H25F3N4O2/c1-2-5-18-10-12-20(13-11-18)26(36)21-7-4-9-23(15-21)35-27(37)24(16-25(33)28(29,30)31)34-22-8-3-6-19(14-22)17-32/h3-4,6-16,26,36H,2,5,33H2,1H3,(H,35,37). The van der Waals surface area contributed by atoms with Gasteiger partial charge in [0.05, 0.1) is 17.3 Å². The number of benzene rings is 3. The first-order valence-corrected chi connectivity index (χ1v) is 11.4. The van der Waals surface area contributed by atoms with E-state index >= 15 is 0 Å². The molecule has 37 heavy (non-hydrogen) atoms. The summed E-state index contributed by atoms with van der Waals surface area (Å²) in [7, 11) is 0. The molecule has 0 fully saturated rings. The minimum atomic E-state index is -4.87. The molecular weight excluding hydrogens is 481 g/mol. The Hall–Kier alpha value is -4.42. The summed E-state index contributed by atoms with van der Waals surface area (Å²) >= 11 is 0. The van der Waals surface area contributed by atoms with Crippen LogP contribution in [-0.4, -0.2) is 22.9 Å². The number of aryl methyl sites for hydroxylation is 1. The van der Waals surface area contributed by atoms with Gasteiger partial charge in [-0.15, -0.1) is 0 Å². The second kappa shape index (κ2) is 12.0. The van der Waals surface area contributed by atoms with Crippen molar-refractivity contribution in [1.29, 1.82) is 5.26 Å². The van der Waals surface area contributed by atoms with E-state index in [0.717, 1.165) is 18.4 Å². The van der Waals surface area contributed by atoms with Crippen molar-refractivity contribution in [1.82, 2.24) is 0 Å². The van der Waals surface area contributed by atoms with Crippen LogP contribution in [0.2, 0.25) is 0 Å². The van der Waals surface area contributed by atoms with Crippen molar-refractivity contribution in [3.05, 3.63) is 107 Å². The van der Waals surface area contributed by atoms with Gasteiger partial charge in [0.25, 0.3) is 5.91 Å². The maximum atomic E-state index is 13.1. The minimum absolute atomic E-state index is 0.103. The number of anilines is 1. The fourth-order valence-corrected chi connectivity index (χ4v) is 3.49. The molecule has 0 saturated heterocycles. The maximum absolute atomic E-state index is 13.1. The summed E-state index contributed by atoms with van der Waals surface area (Å²) < 4.78 is 39.2. The zero-order valence-electron chi connectivity index (χ0n) is 20.0. The highest BCUT2D eigenvalue weighted by molar-refractivity contribution is 6.47. The molecule has 0 heterocycles. The normalized spacial score (nSPS) is 13.1. The topological polar surface area (TPSA) is 112 Å². The van der Waals surface area contributed by atoms with Gasteiger partial charge in [-0.3, -0.25) is 4.79 Å². The number of alkyl halides is 3. The molecule has 0 bridgehead atoms. The fraction of sp³-hybridized carbons (Fsp3) is 0.179. The van der Waals surface area contributed by atoms with E-state index < -0.39 is 29.6 Å². The van der Waals surface area contributed by atoms with Crippen molar-refractivity contribution in [2.45, 2.75) is 32.0 Å². The van der Waals surface area contributed by atoms with Crippen LogP contribution in [-0.2, 0) is 11.2 Å². The highest BCUT2D eigenvalue weighted by atomic mass is 19.4. The number of amides is 1. The molecule has 3 aromatic carbocycles. The van der Waals surface area contributed by atoms with Gasteiger partial charge in [-0.05, 0) is 59.5 Å². The number of halogens is 3. The summed E-state index contributed by atoms with van der Waals surface area (Å²) in [6.45, 7) is 2.08. The van der Waals surface area contributed by atoms with Crippen LogP contribution in [0.25, 0.3) is 0 Å². The second-order valence-corrected chi connectivity index (χ2v) is 8.23. The van der Waals surface area contributed by atoms with E-state index in [1.807, 2.05) is 30.3 Å². The van der Waals surface area contributed by atoms with Crippen molar-refractivity contribution in [2.24, 2.45) is 10.7 Å². The summed E-state index contributed by atoms with van der Waals surface area (Å²) in [4.78, 5) is 16.9. The number of aliphatic hydroxyl groups is 1. The second-order valence-electron chi connectivity index (χ2n) is 8.23. The lowest BCUT2D eigenvalue weighted by Crippen LogP contribution is -2.26. The fourth-order valence-electron chi connectivity index (χ4n) is 3.49. The highest BCUT2D eigenvalue weighted by Crippen LogP contribution is 2.26. The molecule has 9 heteroatoms. The van der Waals surface area contributed by atoms with E-state index in [4.69, 9.17) is 11.0 Å². The first kappa shape index (κ1) is 27.2. The first-order valence-electron chi connectivity index (χ1n) is 11.4. The summed E-state index contributed by atoms with van der Waals surface area (Å²) in [6.07, 6.45) is -3.48. The van der Waals surface area contributed by atoms with Gasteiger partial charge in [-0.2, -0.15) is 18.4 Å². The summed E-state index contributed by atoms with van der Waals surface area (Å²) in [5, 5.41) is 22.4. The van der Waals surface area contributed by atoms with Gasteiger partial charge >= 0.3 is 6.18 Å². The molecule has 190 valence electrons. The van der Waals surface area contributed by atoms with E-state index in [0.29, 0.717) is 17.2 Å². The van der Waals surface area contributed by atoms with Crippen LogP contribution in [0.1, 0.15) is 41.7 Å². The van der Waals surface area contributed by atoms with Crippen molar-refractivity contribution >= 4 is 23.0 Å². The zero-order valence-corrected chi connectivity index (χ0v) is 20.0. The number of nitrogens with one attached hydrogen (secondary N) is 1. The predicted octanol–water partition coefficient (Wildman–Crippen LogP) is 5.71. The van der Waals surface area contributed by atoms with E-state index in [1.165, 1.54) is 36.4 Å². The van der Waals surface area contributed by atoms with Crippen LogP contribution in [0.5, 0.6) is 0 Å². The van der Waals surface area contributed by atoms with Gasteiger partial charge in [0.15, 0.2) is 0 Å². The number of hydrogen-bond acceptors (Lipinski definition) is 5. The Bertz CT molecular complexity index is 1360. The van der Waals surface area contributed by atoms with Gasteiger partial charge < -0.3 is 16.2 Å². The molecule has 3 aromatic rings. The third-order valence-corrected chi connectivity index (χ3v) is 5.37. The molecule has 0 aliphatic rings. The molecule has 4 N–H and O–H groups in total. The van der Waals surface area contributed by atoms with Crippen LogP contribution >= 0.6 is 0 Å². The quantitative estimate of drug-likeness (QED) is 0.340. The average molecular weight is 507 g/mol. The number of hydrogen-bond donors (Lipinski definition) is 3. The van der Waals surface area contributed by atoms with Crippen molar-refractivity contribution in [3.63, 3.8) is 0 Å². The Labute approximate surface area is 212 Å². The Kier molecular flexibility index (Phi) is 8.82. The summed E-state index contributed by atoms with van der Waals surface area (Å²) in [5.74, 6) is -0.954. The number of carbonyl (C=O) groups excluding carboxylic acids is 1. The summed E-state index contributed by atoms with van der Waals surface area (Å²) in [5.41, 5.74) is 5.87. The lowest BCUT2D eigenvalue weighted by Gasteiger charge is -2.14. The number of aliphatic hydroxyl groups excluding tert-OH is 1. The average Bonchev–Trinajstić information content (AvgIpc) is 2.88. The number of aliphatic imine (C=N–C) groups is 1. The van der Waals surface area contributed by atoms with Gasteiger partial charge in [-0.25, -0.2) is 4.99 Å². The Morgan fingerprint density at radius 1 is 1.11 bits per heavy atom. The Morgan fingerprint density at radius 2 is 1.81 bits per heavy atom. The van der Waals surface area contributed by atoms with Gasteiger partial charge in [0.2, 0.25) is 0 Å². The SMILES string of the molecule is CCCc1ccc(C(O)c2cccc(NC(=O)C(C=C(N)C(F)(F)F)=Nc3cccc(C#N)c3)c2)cc1. The molecule has 6 nitrogen and oxygen atoms in total. The molecule has 0 radical (unpaired) electrons. The van der Waals surface area contributed by atoms with Crippen molar-refractivity contribution < 1.29 is 23.1 Å². The zero-order chi connectivity index (χ0) is 27.0. The van der Waals surface area contributed by atoms with Gasteiger partial charge in [-0.1, -0.05) is 55.8 Å². The van der Waals surface area contributed by atoms with E-state index in [1.54, 1.807) is 12.1 Å². The molecule has 0 spiro atoms. The Balaban J connectivity index is 1.89. The number of nitrogens with zero attached hydrogens (tertiary/aromatic N) is 2. The number of carbonyl (C=O) groups is 1. The molecule has 0 aromatic heterocycles. The molecule has 0 aliphatic heterocycles. The molecule has 0 aliphatic carbocycles. The Morgan fingerprint density at radius 3 is 2.46 bits per heavy atom. The molecule has 3 rings (SSSR count). The number of nitriles is 1. The lowest BCUT2D eigenvalue weighted by molar-refractivity contribution is -0.110. The van der Waals surface area contributed by atoms with Gasteiger partial charge in [0.1, 0.15) is 17.5 Å². The van der Waals surface area contributed by atoms with E-state index in [-0.39, 0.29) is 16.9 Å². The molecule has 1 amide bonds. The number of rotatable bonds is 8. The molecule has 1 unspecified atom stereocenters. The van der Waals surface area contributed by atoms with Crippen LogP contribution in [0.15, 0.2) is 89.6 Å². The van der Waals surface area contributed by atoms with Crippen LogP contribution in [0.4, 0.5) is 24.5 Å². The van der Waals surface area contributed by atoms with E-state index in [9.17, 15) is 23.1 Å². The van der Waals surface area contributed by atoms with Crippen molar-refractivity contribution in [3.8, 4) is 6.07 Å². The predicted molar refractivity (Wildman–Crippen MR) is 136 cm³/mol. The summed E-state index contributed by atoms with van der Waals surface area (Å²) in [6, 6.07) is 21.5. The third-order valence-electron chi connectivity index (χ3n) is 5.37. The first-order chi connectivity index (χ1) is 17.6. The maximum Gasteiger partial charge on any atom is 0.430 e.